The molecule has 14 nitrogen and oxygen atoms in total. The molecule has 0 radical (unpaired) electrons. The average Bonchev–Trinajstić information content (AvgIpc) is 3.84. The van der Waals surface area contributed by atoms with Crippen LogP contribution in [-0.4, -0.2) is 121 Å². The van der Waals surface area contributed by atoms with Crippen LogP contribution in [0.25, 0.3) is 10.9 Å². The predicted molar refractivity (Wildman–Crippen MR) is 192 cm³/mol. The molecular formula is C37H46N8O6. The second kappa shape index (κ2) is 14.6. The van der Waals surface area contributed by atoms with Gasteiger partial charge in [0.1, 0.15) is 29.7 Å². The summed E-state index contributed by atoms with van der Waals surface area (Å²) in [5.74, 6) is 0.335. The summed E-state index contributed by atoms with van der Waals surface area (Å²) in [5.41, 5.74) is 9.03. The van der Waals surface area contributed by atoms with Crippen molar-refractivity contribution in [3.05, 3.63) is 52.8 Å². The molecule has 2 fully saturated rings. The first-order valence-corrected chi connectivity index (χ1v) is 17.5. The third kappa shape index (κ3) is 7.36. The van der Waals surface area contributed by atoms with Crippen LogP contribution in [0.5, 0.6) is 5.75 Å². The van der Waals surface area contributed by atoms with Crippen molar-refractivity contribution in [1.82, 2.24) is 30.0 Å². The fraction of sp³-hybridized carbons (Fsp3) is 0.486. The van der Waals surface area contributed by atoms with E-state index in [1.54, 1.807) is 12.1 Å². The highest BCUT2D eigenvalue weighted by atomic mass is 16.5. The Bertz CT molecular complexity index is 1870. The summed E-state index contributed by atoms with van der Waals surface area (Å²) >= 11 is 0. The number of benzene rings is 2. The summed E-state index contributed by atoms with van der Waals surface area (Å²) in [6.07, 6.45) is 3.15. The minimum Gasteiger partial charge on any atom is -0.493 e. The molecule has 0 spiro atoms. The van der Waals surface area contributed by atoms with Crippen LogP contribution in [0.4, 0.5) is 11.5 Å². The van der Waals surface area contributed by atoms with E-state index in [0.29, 0.717) is 75.9 Å². The van der Waals surface area contributed by atoms with Crippen LogP contribution >= 0.6 is 0 Å². The molecule has 1 unspecified atom stereocenters. The van der Waals surface area contributed by atoms with Gasteiger partial charge in [0.05, 0.1) is 28.9 Å². The number of ether oxygens (including phenoxy) is 1. The number of aryl methyl sites for hydroxylation is 2. The quantitative estimate of drug-likeness (QED) is 0.187. The van der Waals surface area contributed by atoms with Gasteiger partial charge in [0.15, 0.2) is 0 Å². The minimum atomic E-state index is -1.07. The number of nitrogens with two attached hydrogens (primary N) is 1. The van der Waals surface area contributed by atoms with Gasteiger partial charge in [-0.1, -0.05) is 6.07 Å². The number of likely N-dealkylation sites (N-methyl/N-ethyl adjacent to an activating group) is 1. The largest absolute Gasteiger partial charge is 0.493 e. The zero-order chi connectivity index (χ0) is 36.4. The second-order valence-corrected chi connectivity index (χ2v) is 14.0. The lowest BCUT2D eigenvalue weighted by Crippen LogP contribution is -2.49. The van der Waals surface area contributed by atoms with Crippen molar-refractivity contribution < 1.29 is 28.7 Å². The molecule has 1 atom stereocenters. The molecule has 3 heterocycles. The second-order valence-electron chi connectivity index (χ2n) is 14.0. The fourth-order valence-corrected chi connectivity index (χ4v) is 7.17. The van der Waals surface area contributed by atoms with Crippen molar-refractivity contribution in [2.45, 2.75) is 52.0 Å². The van der Waals surface area contributed by atoms with Gasteiger partial charge < -0.3 is 30.4 Å². The number of imide groups is 1. The molecule has 2 aliphatic heterocycles. The molecule has 14 heteroatoms. The van der Waals surface area contributed by atoms with Gasteiger partial charge >= 0.3 is 0 Å². The van der Waals surface area contributed by atoms with Crippen molar-refractivity contribution in [2.75, 3.05) is 70.6 Å². The molecule has 3 aromatic rings. The smallest absolute Gasteiger partial charge is 0.264 e. The highest BCUT2D eigenvalue weighted by Gasteiger charge is 2.46. The monoisotopic (exact) mass is 698 g/mol. The van der Waals surface area contributed by atoms with Gasteiger partial charge in [0.2, 0.25) is 11.8 Å². The van der Waals surface area contributed by atoms with Crippen LogP contribution in [0, 0.1) is 19.3 Å². The van der Waals surface area contributed by atoms with Gasteiger partial charge in [-0.2, -0.15) is 0 Å². The van der Waals surface area contributed by atoms with Gasteiger partial charge in [-0.05, 0) is 62.9 Å². The van der Waals surface area contributed by atoms with Gasteiger partial charge in [-0.3, -0.25) is 29.0 Å². The number of aromatic nitrogens is 2. The van der Waals surface area contributed by atoms with Crippen molar-refractivity contribution in [3.8, 4) is 5.75 Å². The molecule has 1 aliphatic carbocycles. The number of carbonyl (C=O) groups excluding carboxylic acids is 5. The standard InChI is InChI=1S/C37H46N8O6/c1-23-19-27-26(33(38)41-24(2)40-27)20-30(23)51-22-37(11-12-37)21-42(4)31(47)10-13-43-14-16-44(17-15-43)28-8-5-7-25-32(28)36(50)45(35(25)49)29(9-6-18-46)34(48)39-3/h5,7-8,18-20,29H,6,9-17,21-22H2,1-4H3,(H,39,48)(H2,38,40,41). The van der Waals surface area contributed by atoms with Crippen molar-refractivity contribution in [2.24, 2.45) is 5.41 Å². The summed E-state index contributed by atoms with van der Waals surface area (Å²) in [5, 5.41) is 3.27. The van der Waals surface area contributed by atoms with Crippen LogP contribution in [0.2, 0.25) is 0 Å². The number of nitrogens with zero attached hydrogens (tertiary/aromatic N) is 6. The first-order chi connectivity index (χ1) is 24.4. The van der Waals surface area contributed by atoms with Gasteiger partial charge in [0, 0.05) is 77.0 Å². The van der Waals surface area contributed by atoms with E-state index in [-0.39, 0.29) is 35.3 Å². The Morgan fingerprint density at radius 2 is 1.84 bits per heavy atom. The Kier molecular flexibility index (Phi) is 10.2. The molecular weight excluding hydrogens is 652 g/mol. The maximum Gasteiger partial charge on any atom is 0.264 e. The number of piperazine rings is 1. The minimum absolute atomic E-state index is 0.0479. The molecule has 6 rings (SSSR count). The van der Waals surface area contributed by atoms with Crippen LogP contribution in [0.15, 0.2) is 30.3 Å². The normalized spacial score (nSPS) is 17.3. The Labute approximate surface area is 297 Å². The molecule has 2 aromatic carbocycles. The summed E-state index contributed by atoms with van der Waals surface area (Å²) in [6.45, 7) is 8.13. The van der Waals surface area contributed by atoms with Gasteiger partial charge in [0.25, 0.3) is 11.8 Å². The van der Waals surface area contributed by atoms with Gasteiger partial charge in [-0.25, -0.2) is 9.97 Å². The molecule has 1 saturated carbocycles. The number of carbonyl (C=O) groups is 5. The van der Waals surface area contributed by atoms with Crippen molar-refractivity contribution in [3.63, 3.8) is 0 Å². The first kappa shape index (κ1) is 35.7. The Morgan fingerprint density at radius 1 is 1.10 bits per heavy atom. The Balaban J connectivity index is 1.00. The molecule has 0 bridgehead atoms. The van der Waals surface area contributed by atoms with E-state index in [2.05, 4.69) is 25.1 Å². The SMILES string of the molecule is CNC(=O)C(CCC=O)N1C(=O)c2cccc(N3CCN(CCC(=O)N(C)CC4(COc5cc6c(N)nc(C)nc6cc5C)CC4)CC3)c2C1=O. The summed E-state index contributed by atoms with van der Waals surface area (Å²) in [6, 6.07) is 7.98. The first-order valence-electron chi connectivity index (χ1n) is 17.5. The van der Waals surface area contributed by atoms with Crippen LogP contribution in [0.1, 0.15) is 64.2 Å². The fourth-order valence-electron chi connectivity index (χ4n) is 7.17. The zero-order valence-corrected chi connectivity index (χ0v) is 29.7. The summed E-state index contributed by atoms with van der Waals surface area (Å²) in [4.78, 5) is 79.8. The third-order valence-corrected chi connectivity index (χ3v) is 10.3. The third-order valence-electron chi connectivity index (χ3n) is 10.3. The summed E-state index contributed by atoms with van der Waals surface area (Å²) in [7, 11) is 3.29. The van der Waals surface area contributed by atoms with Crippen LogP contribution in [0.3, 0.4) is 0 Å². The average molecular weight is 699 g/mol. The number of fused-ring (bicyclic) bond motifs is 2. The molecule has 1 saturated heterocycles. The highest BCUT2D eigenvalue weighted by molar-refractivity contribution is 6.25. The molecule has 3 N–H and O–H groups in total. The van der Waals surface area contributed by atoms with E-state index in [1.807, 2.05) is 44.0 Å². The number of anilines is 2. The number of aldehydes is 1. The molecule has 1 aromatic heterocycles. The maximum absolute atomic E-state index is 13.6. The number of hydrogen-bond acceptors (Lipinski definition) is 11. The number of rotatable bonds is 14. The Hall–Kier alpha value is -5.11. The molecule has 51 heavy (non-hydrogen) atoms. The molecule has 270 valence electrons. The van der Waals surface area contributed by atoms with Crippen molar-refractivity contribution >= 4 is 52.3 Å². The van der Waals surface area contributed by atoms with E-state index in [4.69, 9.17) is 10.5 Å². The highest BCUT2D eigenvalue weighted by Crippen LogP contribution is 2.47. The molecule has 3 aliphatic rings. The van der Waals surface area contributed by atoms with E-state index < -0.39 is 23.8 Å². The van der Waals surface area contributed by atoms with E-state index in [9.17, 15) is 24.0 Å². The Morgan fingerprint density at radius 3 is 2.53 bits per heavy atom. The maximum atomic E-state index is 13.6. The summed E-state index contributed by atoms with van der Waals surface area (Å²) < 4.78 is 6.29. The number of amides is 4. The lowest BCUT2D eigenvalue weighted by Gasteiger charge is -2.37. The number of nitrogens with one attached hydrogen (secondary N) is 1. The number of nitrogen functional groups attached to an aromatic ring is 1. The van der Waals surface area contributed by atoms with Crippen molar-refractivity contribution in [1.29, 1.82) is 0 Å². The van der Waals surface area contributed by atoms with Crippen LogP contribution < -0.4 is 20.7 Å². The lowest BCUT2D eigenvalue weighted by atomic mass is 10.1. The molecule has 4 amide bonds. The van der Waals surface area contributed by atoms with Gasteiger partial charge in [-0.15, -0.1) is 0 Å². The van der Waals surface area contributed by atoms with E-state index >= 15 is 0 Å². The number of hydrogen-bond donors (Lipinski definition) is 2. The predicted octanol–water partition coefficient (Wildman–Crippen LogP) is 2.35. The van der Waals surface area contributed by atoms with E-state index in [0.717, 1.165) is 40.0 Å². The lowest BCUT2D eigenvalue weighted by molar-refractivity contribution is -0.131. The zero-order valence-electron chi connectivity index (χ0n) is 29.7. The van der Waals surface area contributed by atoms with Crippen LogP contribution in [-0.2, 0) is 14.4 Å². The topological polar surface area (TPSA) is 171 Å². The van der Waals surface area contributed by atoms with E-state index in [1.165, 1.54) is 7.05 Å².